The lowest BCUT2D eigenvalue weighted by molar-refractivity contribution is 0.177. The van der Waals surface area contributed by atoms with E-state index < -0.39 is 0 Å². The highest BCUT2D eigenvalue weighted by Crippen LogP contribution is 2.40. The summed E-state index contributed by atoms with van der Waals surface area (Å²) < 4.78 is 9.24. The van der Waals surface area contributed by atoms with Gasteiger partial charge in [-0.2, -0.15) is 5.10 Å². The van der Waals surface area contributed by atoms with Crippen LogP contribution >= 0.6 is 11.3 Å². The summed E-state index contributed by atoms with van der Waals surface area (Å²) in [6, 6.07) is 4.26. The van der Waals surface area contributed by atoms with Crippen molar-refractivity contribution in [1.29, 1.82) is 0 Å². The summed E-state index contributed by atoms with van der Waals surface area (Å²) in [7, 11) is 0. The van der Waals surface area contributed by atoms with Crippen molar-refractivity contribution >= 4 is 38.2 Å². The summed E-state index contributed by atoms with van der Waals surface area (Å²) in [5.74, 6) is 1.13. The molecule has 3 N–H and O–H groups in total. The minimum Gasteiger partial charge on any atom is -0.452 e. The molecule has 5 aromatic rings. The Balaban J connectivity index is 1.46. The van der Waals surface area contributed by atoms with E-state index in [0.717, 1.165) is 57.2 Å². The van der Waals surface area contributed by atoms with Crippen LogP contribution in [0.4, 0.5) is 5.82 Å². The highest BCUT2D eigenvalue weighted by atomic mass is 32.1. The second kappa shape index (κ2) is 6.65. The van der Waals surface area contributed by atoms with Crippen LogP contribution in [-0.4, -0.2) is 31.0 Å². The molecule has 1 aliphatic carbocycles. The number of furan rings is 1. The van der Waals surface area contributed by atoms with Crippen LogP contribution in [-0.2, 0) is 0 Å². The Bertz CT molecular complexity index is 1380. The van der Waals surface area contributed by atoms with E-state index in [2.05, 4.69) is 20.4 Å². The van der Waals surface area contributed by atoms with E-state index in [9.17, 15) is 5.11 Å². The Labute approximate surface area is 175 Å². The molecule has 0 saturated heterocycles. The highest BCUT2D eigenvalue weighted by molar-refractivity contribution is 7.17. The van der Waals surface area contributed by atoms with Gasteiger partial charge in [-0.25, -0.2) is 4.98 Å². The van der Waals surface area contributed by atoms with E-state index in [1.165, 1.54) is 0 Å². The smallest absolute Gasteiger partial charge is 0.177 e. The minimum atomic E-state index is -0.236. The molecule has 0 aliphatic heterocycles. The van der Waals surface area contributed by atoms with E-state index in [1.807, 2.05) is 35.4 Å². The summed E-state index contributed by atoms with van der Waals surface area (Å²) in [6.07, 6.45) is 11.6. The quantitative estimate of drug-likeness (QED) is 0.443. The van der Waals surface area contributed by atoms with E-state index in [0.29, 0.717) is 11.4 Å². The van der Waals surface area contributed by atoms with E-state index in [4.69, 9.17) is 10.2 Å². The van der Waals surface area contributed by atoms with E-state index in [1.54, 1.807) is 23.7 Å². The van der Waals surface area contributed by atoms with Gasteiger partial charge >= 0.3 is 0 Å². The molecule has 0 amide bonds. The van der Waals surface area contributed by atoms with Crippen LogP contribution in [0, 0.1) is 0 Å². The number of hydrogen-bond donors (Lipinski definition) is 2. The van der Waals surface area contributed by atoms with Gasteiger partial charge in [0, 0.05) is 57.6 Å². The van der Waals surface area contributed by atoms with Gasteiger partial charge in [0.25, 0.3) is 0 Å². The van der Waals surface area contributed by atoms with Crippen LogP contribution < -0.4 is 5.73 Å². The predicted molar refractivity (Wildman–Crippen MR) is 117 cm³/mol. The zero-order valence-corrected chi connectivity index (χ0v) is 16.8. The predicted octanol–water partition coefficient (Wildman–Crippen LogP) is 4.64. The molecule has 5 aromatic heterocycles. The average molecular weight is 417 g/mol. The topological polar surface area (TPSA) is 103 Å². The molecule has 0 spiro atoms. The lowest BCUT2D eigenvalue weighted by Gasteiger charge is -2.09. The van der Waals surface area contributed by atoms with Crippen LogP contribution in [0.3, 0.4) is 0 Å². The van der Waals surface area contributed by atoms with Gasteiger partial charge in [0.15, 0.2) is 11.4 Å². The van der Waals surface area contributed by atoms with Gasteiger partial charge < -0.3 is 15.3 Å². The van der Waals surface area contributed by atoms with Crippen LogP contribution in [0.25, 0.3) is 43.5 Å². The number of aliphatic hydroxyl groups is 1. The molecular weight excluding hydrogens is 398 g/mol. The molecule has 6 rings (SSSR count). The Morgan fingerprint density at radius 3 is 2.97 bits per heavy atom. The van der Waals surface area contributed by atoms with Crippen molar-refractivity contribution in [2.45, 2.75) is 31.4 Å². The Kier molecular flexibility index (Phi) is 3.90. The summed E-state index contributed by atoms with van der Waals surface area (Å²) in [6.45, 7) is 0. The molecule has 1 fully saturated rings. The first-order valence-electron chi connectivity index (χ1n) is 9.89. The lowest BCUT2D eigenvalue weighted by atomic mass is 10.1. The fourth-order valence-electron chi connectivity index (χ4n) is 4.33. The first-order valence-corrected chi connectivity index (χ1v) is 10.8. The average Bonchev–Trinajstić information content (AvgIpc) is 3.53. The Morgan fingerprint density at radius 2 is 2.10 bits per heavy atom. The number of nitrogens with zero attached hydrogens (tertiary/aromatic N) is 4. The van der Waals surface area contributed by atoms with Gasteiger partial charge in [-0.3, -0.25) is 9.67 Å². The van der Waals surface area contributed by atoms with Crippen molar-refractivity contribution in [3.63, 3.8) is 0 Å². The van der Waals surface area contributed by atoms with Crippen LogP contribution in [0.5, 0.6) is 0 Å². The number of pyridine rings is 2. The van der Waals surface area contributed by atoms with Gasteiger partial charge in [0.05, 0.1) is 23.0 Å². The fraction of sp³-hybridized carbons (Fsp3) is 0.227. The van der Waals surface area contributed by atoms with Crippen LogP contribution in [0.2, 0.25) is 0 Å². The third-order valence-corrected chi connectivity index (χ3v) is 6.83. The third kappa shape index (κ3) is 2.72. The van der Waals surface area contributed by atoms with E-state index in [-0.39, 0.29) is 12.1 Å². The highest BCUT2D eigenvalue weighted by Gasteiger charge is 2.25. The fourth-order valence-corrected chi connectivity index (χ4v) is 5.25. The van der Waals surface area contributed by atoms with Crippen molar-refractivity contribution in [3.8, 4) is 22.5 Å². The number of anilines is 1. The molecule has 1 saturated carbocycles. The van der Waals surface area contributed by atoms with Crippen LogP contribution in [0.1, 0.15) is 25.3 Å². The van der Waals surface area contributed by atoms with Gasteiger partial charge in [-0.1, -0.05) is 0 Å². The van der Waals surface area contributed by atoms with Crippen molar-refractivity contribution in [2.24, 2.45) is 0 Å². The normalized spacial score (nSPS) is 19.2. The number of aliphatic hydroxyl groups excluding tert-OH is 1. The number of hydrogen-bond acceptors (Lipinski definition) is 7. The summed E-state index contributed by atoms with van der Waals surface area (Å²) in [4.78, 5) is 8.55. The number of nitrogen functional groups attached to an aromatic ring is 1. The molecule has 0 radical (unpaired) electrons. The summed E-state index contributed by atoms with van der Waals surface area (Å²) in [5.41, 5.74) is 9.64. The number of thiophene rings is 1. The maximum Gasteiger partial charge on any atom is 0.177 e. The van der Waals surface area contributed by atoms with Gasteiger partial charge in [-0.15, -0.1) is 11.3 Å². The molecule has 0 aromatic carbocycles. The molecule has 2 atom stereocenters. The molecule has 0 bridgehead atoms. The second-order valence-electron chi connectivity index (χ2n) is 7.76. The number of aromatic nitrogens is 4. The molecule has 0 unspecified atom stereocenters. The monoisotopic (exact) mass is 417 g/mol. The zero-order valence-electron chi connectivity index (χ0n) is 16.0. The number of fused-ring (bicyclic) bond motifs is 2. The second-order valence-corrected chi connectivity index (χ2v) is 8.67. The van der Waals surface area contributed by atoms with E-state index >= 15 is 0 Å². The number of rotatable bonds is 3. The van der Waals surface area contributed by atoms with Gasteiger partial charge in [0.2, 0.25) is 0 Å². The molecule has 7 nitrogen and oxygen atoms in total. The zero-order chi connectivity index (χ0) is 20.2. The minimum absolute atomic E-state index is 0.233. The standard InChI is InChI=1S/C22H19N5O2S/c23-22-21-16(6-19(29-21)18-11-30-20-9-24-4-3-15(18)20)17(8-25-22)12-7-26-27(10-12)13-1-2-14(28)5-13/h3-4,6-11,13-14,28H,1-2,5H2,(H2,23,25)/t13-,14-/m0/s1. The summed E-state index contributed by atoms with van der Waals surface area (Å²) in [5, 5.41) is 18.5. The first kappa shape index (κ1) is 17.6. The third-order valence-electron chi connectivity index (χ3n) is 5.90. The SMILES string of the molecule is Nc1ncc(-c2cnn([C@H]3CC[C@H](O)C3)c2)c2cc(-c3csc4cnccc34)oc12. The molecule has 5 heterocycles. The molecule has 8 heteroatoms. The number of nitrogens with two attached hydrogens (primary N) is 1. The van der Waals surface area contributed by atoms with Crippen molar-refractivity contribution < 1.29 is 9.52 Å². The maximum atomic E-state index is 9.84. The Morgan fingerprint density at radius 1 is 1.17 bits per heavy atom. The van der Waals surface area contributed by atoms with Crippen molar-refractivity contribution in [2.75, 3.05) is 5.73 Å². The largest absolute Gasteiger partial charge is 0.452 e. The first-order chi connectivity index (χ1) is 14.7. The lowest BCUT2D eigenvalue weighted by Crippen LogP contribution is -2.07. The maximum absolute atomic E-state index is 9.84. The van der Waals surface area contributed by atoms with Gasteiger partial charge in [-0.05, 0) is 31.4 Å². The van der Waals surface area contributed by atoms with Gasteiger partial charge in [0.1, 0.15) is 5.76 Å². The van der Waals surface area contributed by atoms with Crippen LogP contribution in [0.15, 0.2) is 52.9 Å². The Hall–Kier alpha value is -3.23. The van der Waals surface area contributed by atoms with Crippen molar-refractivity contribution in [3.05, 3.63) is 48.5 Å². The molecule has 150 valence electrons. The summed E-state index contributed by atoms with van der Waals surface area (Å²) >= 11 is 1.64. The molecular formula is C22H19N5O2S. The molecule has 1 aliphatic rings. The molecule has 30 heavy (non-hydrogen) atoms. The van der Waals surface area contributed by atoms with Crippen molar-refractivity contribution in [1.82, 2.24) is 19.7 Å².